The number of rotatable bonds is 8. The van der Waals surface area contributed by atoms with Gasteiger partial charge in [0.25, 0.3) is 0 Å². The number of ketones is 1. The van der Waals surface area contributed by atoms with E-state index in [1.165, 1.54) is 0 Å². The Balaban J connectivity index is 0.000000260. The number of anilines is 2. The highest BCUT2D eigenvalue weighted by Gasteiger charge is 2.22. The van der Waals surface area contributed by atoms with Gasteiger partial charge in [0.15, 0.2) is 5.78 Å². The van der Waals surface area contributed by atoms with Crippen molar-refractivity contribution in [3.8, 4) is 11.5 Å². The molecule has 0 aliphatic carbocycles. The van der Waals surface area contributed by atoms with Gasteiger partial charge in [-0.05, 0) is 72.8 Å². The van der Waals surface area contributed by atoms with Crippen LogP contribution in [0.1, 0.15) is 57.4 Å². The molecule has 0 aliphatic heterocycles. The van der Waals surface area contributed by atoms with Crippen LogP contribution in [0.25, 0.3) is 0 Å². The Morgan fingerprint density at radius 1 is 0.463 bits per heavy atom. The maximum atomic E-state index is 12.5. The summed E-state index contributed by atoms with van der Waals surface area (Å²) in [7, 11) is 0. The Morgan fingerprint density at radius 2 is 0.780 bits per heavy atom. The van der Waals surface area contributed by atoms with E-state index in [4.69, 9.17) is 36.6 Å². The average Bonchev–Trinajstić information content (AvgIpc) is 2.94. The monoisotopic (exact) mass is 558 g/mol. The molecule has 12 nitrogen and oxygen atoms in total. The van der Waals surface area contributed by atoms with E-state index in [9.17, 15) is 24.0 Å². The Morgan fingerprint density at radius 3 is 1.07 bits per heavy atom. The molecule has 0 aliphatic rings. The second-order valence-electron chi connectivity index (χ2n) is 8.31. The molecular weight excluding hydrogens is 536 g/mol. The van der Waals surface area contributed by atoms with Crippen LogP contribution < -0.4 is 16.2 Å². The first-order valence-electron chi connectivity index (χ1n) is 11.5. The van der Waals surface area contributed by atoms with Crippen LogP contribution in [0.3, 0.4) is 0 Å². The Kier molecular flexibility index (Phi) is 9.02. The van der Waals surface area contributed by atoms with Crippen molar-refractivity contribution in [1.29, 1.82) is 0 Å². The predicted octanol–water partition coefficient (Wildman–Crippen LogP) is 4.35. The molecule has 208 valence electrons. The number of aromatic carboxylic acids is 4. The van der Waals surface area contributed by atoms with Crippen LogP contribution in [0.2, 0.25) is 0 Å². The molecule has 0 bridgehead atoms. The van der Waals surface area contributed by atoms with E-state index in [0.717, 1.165) is 59.3 Å². The van der Waals surface area contributed by atoms with Crippen molar-refractivity contribution in [2.24, 2.45) is 0 Å². The predicted molar refractivity (Wildman–Crippen MR) is 146 cm³/mol. The zero-order valence-corrected chi connectivity index (χ0v) is 21.0. The van der Waals surface area contributed by atoms with E-state index >= 15 is 0 Å². The highest BCUT2D eigenvalue weighted by molar-refractivity contribution is 6.13. The van der Waals surface area contributed by atoms with Gasteiger partial charge >= 0.3 is 23.9 Å². The van der Waals surface area contributed by atoms with E-state index in [1.807, 2.05) is 24.3 Å². The summed E-state index contributed by atoms with van der Waals surface area (Å²) in [6.45, 7) is 0. The van der Waals surface area contributed by atoms with Gasteiger partial charge in [-0.2, -0.15) is 0 Å². The van der Waals surface area contributed by atoms with Crippen molar-refractivity contribution in [1.82, 2.24) is 0 Å². The summed E-state index contributed by atoms with van der Waals surface area (Å²) in [4.78, 5) is 56.9. The standard InChI is InChI=1S/C17H10O9.C12H12N2O/c18-13(7-1-3-9(14(19)20)11(5-7)16(23)24)8-2-4-10(15(21)22)12(6-8)17(25)26;13-9-1-5-11(6-2-9)15-12-7-3-10(14)4-8-12/h1-6H,(H,19,20)(H,21,22)(H,23,24)(H,25,26);1-8H,13-14H2. The van der Waals surface area contributed by atoms with Crippen molar-refractivity contribution >= 4 is 41.0 Å². The molecule has 0 fully saturated rings. The van der Waals surface area contributed by atoms with Gasteiger partial charge in [0, 0.05) is 22.5 Å². The minimum absolute atomic E-state index is 0.188. The molecule has 0 radical (unpaired) electrons. The van der Waals surface area contributed by atoms with Crippen LogP contribution >= 0.6 is 0 Å². The molecule has 0 unspecified atom stereocenters. The smallest absolute Gasteiger partial charge is 0.336 e. The van der Waals surface area contributed by atoms with Gasteiger partial charge in [0.05, 0.1) is 22.3 Å². The van der Waals surface area contributed by atoms with E-state index in [-0.39, 0.29) is 11.1 Å². The minimum Gasteiger partial charge on any atom is -0.478 e. The maximum Gasteiger partial charge on any atom is 0.336 e. The van der Waals surface area contributed by atoms with E-state index in [2.05, 4.69) is 0 Å². The molecule has 4 aromatic carbocycles. The fourth-order valence-electron chi connectivity index (χ4n) is 3.47. The average molecular weight is 558 g/mol. The lowest BCUT2D eigenvalue weighted by Crippen LogP contribution is -2.13. The first-order valence-corrected chi connectivity index (χ1v) is 11.5. The van der Waals surface area contributed by atoms with Crippen LogP contribution in [0.4, 0.5) is 11.4 Å². The molecule has 12 heteroatoms. The quantitative estimate of drug-likeness (QED) is 0.131. The normalized spacial score (nSPS) is 10.0. The van der Waals surface area contributed by atoms with Gasteiger partial charge < -0.3 is 36.6 Å². The third kappa shape index (κ3) is 7.45. The Labute approximate surface area is 231 Å². The van der Waals surface area contributed by atoms with E-state index < -0.39 is 51.9 Å². The topological polar surface area (TPSA) is 228 Å². The van der Waals surface area contributed by atoms with Gasteiger partial charge in [-0.1, -0.05) is 12.1 Å². The van der Waals surface area contributed by atoms with E-state index in [1.54, 1.807) is 24.3 Å². The molecule has 0 amide bonds. The van der Waals surface area contributed by atoms with Crippen LogP contribution in [0, 0.1) is 0 Å². The van der Waals surface area contributed by atoms with Gasteiger partial charge in [-0.3, -0.25) is 4.79 Å². The first-order chi connectivity index (χ1) is 19.4. The number of carboxylic acids is 4. The molecule has 0 aromatic heterocycles. The molecule has 0 spiro atoms. The minimum atomic E-state index is -1.55. The van der Waals surface area contributed by atoms with Gasteiger partial charge in [-0.25, -0.2) is 19.2 Å². The molecular formula is C29H22N2O10. The van der Waals surface area contributed by atoms with Gasteiger partial charge in [-0.15, -0.1) is 0 Å². The van der Waals surface area contributed by atoms with E-state index in [0.29, 0.717) is 0 Å². The van der Waals surface area contributed by atoms with Gasteiger partial charge in [0.1, 0.15) is 11.5 Å². The van der Waals surface area contributed by atoms with Crippen molar-refractivity contribution in [3.05, 3.63) is 118 Å². The first kappa shape index (κ1) is 29.4. The fourth-order valence-corrected chi connectivity index (χ4v) is 3.47. The number of ether oxygens (including phenoxy) is 1. The van der Waals surface area contributed by atoms with Crippen molar-refractivity contribution in [2.75, 3.05) is 11.5 Å². The van der Waals surface area contributed by atoms with Crippen LogP contribution in [-0.4, -0.2) is 50.1 Å². The summed E-state index contributed by atoms with van der Waals surface area (Å²) in [5, 5.41) is 36.1. The summed E-state index contributed by atoms with van der Waals surface area (Å²) >= 11 is 0. The SMILES string of the molecule is Nc1ccc(Oc2ccc(N)cc2)cc1.O=C(c1ccc(C(=O)O)c(C(=O)O)c1)c1ccc(C(=O)O)c(C(=O)O)c1. The number of hydrogen-bond donors (Lipinski definition) is 6. The lowest BCUT2D eigenvalue weighted by molar-refractivity contribution is 0.0651. The van der Waals surface area contributed by atoms with Crippen LogP contribution in [0.15, 0.2) is 84.9 Å². The lowest BCUT2D eigenvalue weighted by Gasteiger charge is -2.08. The van der Waals surface area contributed by atoms with Crippen LogP contribution in [0.5, 0.6) is 11.5 Å². The Bertz CT molecular complexity index is 1520. The zero-order chi connectivity index (χ0) is 30.3. The number of nitrogens with two attached hydrogens (primary N) is 2. The second kappa shape index (κ2) is 12.6. The zero-order valence-electron chi connectivity index (χ0n) is 21.0. The molecule has 0 saturated carbocycles. The molecule has 0 atom stereocenters. The molecule has 4 aromatic rings. The number of nitrogen functional groups attached to an aromatic ring is 2. The number of benzene rings is 4. The third-order valence-electron chi connectivity index (χ3n) is 5.48. The summed E-state index contributed by atoms with van der Waals surface area (Å²) in [5.74, 6) is -5.35. The molecule has 41 heavy (non-hydrogen) atoms. The Hall–Kier alpha value is -6.17. The molecule has 0 saturated heterocycles. The van der Waals surface area contributed by atoms with Crippen molar-refractivity contribution in [2.45, 2.75) is 0 Å². The number of carbonyl (C=O) groups excluding carboxylic acids is 1. The highest BCUT2D eigenvalue weighted by Crippen LogP contribution is 2.23. The van der Waals surface area contributed by atoms with Crippen molar-refractivity contribution < 1.29 is 49.1 Å². The number of carbonyl (C=O) groups is 5. The van der Waals surface area contributed by atoms with Crippen molar-refractivity contribution in [3.63, 3.8) is 0 Å². The summed E-state index contributed by atoms with van der Waals surface area (Å²) in [6, 6.07) is 20.3. The molecule has 0 heterocycles. The summed E-state index contributed by atoms with van der Waals surface area (Å²) < 4.78 is 5.58. The highest BCUT2D eigenvalue weighted by atomic mass is 16.5. The maximum absolute atomic E-state index is 12.5. The summed E-state index contributed by atoms with van der Waals surface area (Å²) in [6.07, 6.45) is 0. The molecule has 4 rings (SSSR count). The largest absolute Gasteiger partial charge is 0.478 e. The number of hydrogen-bond acceptors (Lipinski definition) is 8. The third-order valence-corrected chi connectivity index (χ3v) is 5.48. The summed E-state index contributed by atoms with van der Waals surface area (Å²) in [5.41, 5.74) is 9.96. The second-order valence-corrected chi connectivity index (χ2v) is 8.31. The number of carboxylic acid groups (broad SMARTS) is 4. The molecule has 8 N–H and O–H groups in total. The van der Waals surface area contributed by atoms with Crippen LogP contribution in [-0.2, 0) is 0 Å². The fraction of sp³-hybridized carbons (Fsp3) is 0. The van der Waals surface area contributed by atoms with Gasteiger partial charge in [0.2, 0.25) is 0 Å². The lowest BCUT2D eigenvalue weighted by atomic mass is 9.95.